The van der Waals surface area contributed by atoms with Gasteiger partial charge in [0.2, 0.25) is 0 Å². The smallest absolute Gasteiger partial charge is 0.255 e. The van der Waals surface area contributed by atoms with E-state index >= 15 is 0 Å². The van der Waals surface area contributed by atoms with Crippen LogP contribution < -0.4 is 10.6 Å². The van der Waals surface area contributed by atoms with E-state index in [0.29, 0.717) is 29.2 Å². The average Bonchev–Trinajstić information content (AvgIpc) is 2.78. The van der Waals surface area contributed by atoms with E-state index < -0.39 is 0 Å². The van der Waals surface area contributed by atoms with E-state index in [2.05, 4.69) is 31.9 Å². The van der Waals surface area contributed by atoms with Crippen molar-refractivity contribution in [2.24, 2.45) is 0 Å². The molecule has 2 aromatic heterocycles. The fourth-order valence-corrected chi connectivity index (χ4v) is 3.02. The molecule has 1 aromatic carbocycles. The van der Waals surface area contributed by atoms with E-state index in [1.54, 1.807) is 24.5 Å². The molecule has 0 radical (unpaired) electrons. The Morgan fingerprint density at radius 2 is 1.76 bits per heavy atom. The van der Waals surface area contributed by atoms with E-state index in [1.165, 1.54) is 0 Å². The molecule has 3 rings (SSSR count). The number of benzene rings is 1. The molecular weight excluding hydrogens is 364 g/mol. The average molecular weight is 386 g/mol. The maximum absolute atomic E-state index is 12.2. The lowest BCUT2D eigenvalue weighted by Gasteiger charge is -2.12. The molecule has 7 heteroatoms. The van der Waals surface area contributed by atoms with Gasteiger partial charge in [0.15, 0.2) is 5.82 Å². The van der Waals surface area contributed by atoms with Crippen LogP contribution >= 0.6 is 0 Å². The van der Waals surface area contributed by atoms with Crippen LogP contribution in [0.4, 0.5) is 11.5 Å². The number of nitrogens with zero attached hydrogens (tertiary/aromatic N) is 4. The Morgan fingerprint density at radius 3 is 2.38 bits per heavy atom. The van der Waals surface area contributed by atoms with Crippen molar-refractivity contribution in [1.82, 2.24) is 15.2 Å². The van der Waals surface area contributed by atoms with Crippen LogP contribution in [0.1, 0.15) is 46.6 Å². The zero-order valence-electron chi connectivity index (χ0n) is 16.4. The molecule has 0 aliphatic carbocycles. The normalized spacial score (nSPS) is 10.2. The second kappa shape index (κ2) is 9.42. The first-order valence-corrected chi connectivity index (χ1v) is 9.49. The Hall–Kier alpha value is -3.79. The van der Waals surface area contributed by atoms with Gasteiger partial charge in [0.25, 0.3) is 5.91 Å². The van der Waals surface area contributed by atoms with Crippen LogP contribution in [0.25, 0.3) is 0 Å². The van der Waals surface area contributed by atoms with Gasteiger partial charge in [-0.2, -0.15) is 10.4 Å². The first kappa shape index (κ1) is 20.0. The summed E-state index contributed by atoms with van der Waals surface area (Å²) in [4.78, 5) is 16.1. The molecule has 2 N–H and O–H groups in total. The van der Waals surface area contributed by atoms with Gasteiger partial charge in [0.05, 0.1) is 5.69 Å². The molecule has 0 saturated carbocycles. The maximum Gasteiger partial charge on any atom is 0.255 e. The van der Waals surface area contributed by atoms with E-state index in [9.17, 15) is 10.1 Å². The van der Waals surface area contributed by atoms with Gasteiger partial charge in [0, 0.05) is 30.2 Å². The molecule has 2 heterocycles. The van der Waals surface area contributed by atoms with Gasteiger partial charge in [-0.05, 0) is 48.2 Å². The van der Waals surface area contributed by atoms with Crippen LogP contribution in [0.2, 0.25) is 0 Å². The third kappa shape index (κ3) is 4.74. The standard InChI is InChI=1S/C22H22N6O/c1-3-18-19(13-23)21(28-27-20(18)4-2)25-14-15-5-7-17(8-6-15)26-22(29)16-9-11-24-12-10-16/h5-12H,3-4,14H2,1-2H3,(H,25,28)(H,26,29). The second-order valence-electron chi connectivity index (χ2n) is 6.41. The van der Waals surface area contributed by atoms with Crippen LogP contribution in [-0.4, -0.2) is 21.1 Å². The van der Waals surface area contributed by atoms with E-state index in [1.807, 2.05) is 38.1 Å². The zero-order chi connectivity index (χ0) is 20.6. The highest BCUT2D eigenvalue weighted by Gasteiger charge is 2.14. The van der Waals surface area contributed by atoms with Gasteiger partial charge in [0.1, 0.15) is 11.6 Å². The Balaban J connectivity index is 1.67. The molecule has 0 atom stereocenters. The van der Waals surface area contributed by atoms with Crippen LogP contribution in [0.5, 0.6) is 0 Å². The summed E-state index contributed by atoms with van der Waals surface area (Å²) in [6.45, 7) is 4.52. The third-order valence-electron chi connectivity index (χ3n) is 4.57. The summed E-state index contributed by atoms with van der Waals surface area (Å²) >= 11 is 0. The van der Waals surface area contributed by atoms with Crippen molar-refractivity contribution in [3.8, 4) is 6.07 Å². The van der Waals surface area contributed by atoms with Crippen LogP contribution in [0.3, 0.4) is 0 Å². The van der Waals surface area contributed by atoms with Crippen LogP contribution in [0.15, 0.2) is 48.8 Å². The fourth-order valence-electron chi connectivity index (χ4n) is 3.02. The highest BCUT2D eigenvalue weighted by molar-refractivity contribution is 6.04. The molecule has 7 nitrogen and oxygen atoms in total. The lowest BCUT2D eigenvalue weighted by atomic mass is 10.0. The van der Waals surface area contributed by atoms with Crippen molar-refractivity contribution in [3.63, 3.8) is 0 Å². The molecule has 0 fully saturated rings. The molecule has 0 saturated heterocycles. The number of hydrogen-bond donors (Lipinski definition) is 2. The van der Waals surface area contributed by atoms with E-state index in [-0.39, 0.29) is 5.91 Å². The SMILES string of the molecule is CCc1nnc(NCc2ccc(NC(=O)c3ccncc3)cc2)c(C#N)c1CC. The zero-order valence-corrected chi connectivity index (χ0v) is 16.4. The topological polar surface area (TPSA) is 104 Å². The van der Waals surface area contributed by atoms with Gasteiger partial charge < -0.3 is 10.6 Å². The largest absolute Gasteiger partial charge is 0.363 e. The third-order valence-corrected chi connectivity index (χ3v) is 4.57. The molecule has 0 spiro atoms. The predicted octanol–water partition coefficient (Wildman–Crippen LogP) is 3.73. The number of rotatable bonds is 7. The molecule has 0 aliphatic heterocycles. The lowest BCUT2D eigenvalue weighted by Crippen LogP contribution is -2.12. The molecule has 1 amide bonds. The number of anilines is 2. The first-order valence-electron chi connectivity index (χ1n) is 9.49. The molecular formula is C22H22N6O. The number of nitrogens with one attached hydrogen (secondary N) is 2. The minimum atomic E-state index is -0.185. The minimum absolute atomic E-state index is 0.185. The molecule has 29 heavy (non-hydrogen) atoms. The van der Waals surface area contributed by atoms with Crippen molar-refractivity contribution >= 4 is 17.4 Å². The van der Waals surface area contributed by atoms with E-state index in [4.69, 9.17) is 0 Å². The molecule has 0 aliphatic rings. The van der Waals surface area contributed by atoms with Crippen molar-refractivity contribution in [1.29, 1.82) is 5.26 Å². The highest BCUT2D eigenvalue weighted by Crippen LogP contribution is 2.21. The van der Waals surface area contributed by atoms with Crippen LogP contribution in [0, 0.1) is 11.3 Å². The summed E-state index contributed by atoms with van der Waals surface area (Å²) in [6, 6.07) is 13.1. The second-order valence-corrected chi connectivity index (χ2v) is 6.41. The first-order chi connectivity index (χ1) is 14.2. The quantitative estimate of drug-likeness (QED) is 0.641. The Kier molecular flexibility index (Phi) is 6.48. The maximum atomic E-state index is 12.2. The Bertz CT molecular complexity index is 1030. The summed E-state index contributed by atoms with van der Waals surface area (Å²) < 4.78 is 0. The summed E-state index contributed by atoms with van der Waals surface area (Å²) in [7, 11) is 0. The Labute approximate surface area is 169 Å². The number of aromatic nitrogens is 3. The Morgan fingerprint density at radius 1 is 1.03 bits per heavy atom. The van der Waals surface area contributed by atoms with Gasteiger partial charge in [-0.25, -0.2) is 0 Å². The molecule has 146 valence electrons. The van der Waals surface area contributed by atoms with Gasteiger partial charge in [-0.15, -0.1) is 5.10 Å². The number of hydrogen-bond acceptors (Lipinski definition) is 6. The number of aryl methyl sites for hydroxylation is 1. The monoisotopic (exact) mass is 386 g/mol. The molecule has 0 unspecified atom stereocenters. The summed E-state index contributed by atoms with van der Waals surface area (Å²) in [5, 5.41) is 24.1. The molecule has 0 bridgehead atoms. The molecule has 3 aromatic rings. The van der Waals surface area contributed by atoms with Gasteiger partial charge >= 0.3 is 0 Å². The summed E-state index contributed by atoms with van der Waals surface area (Å²) in [5.41, 5.74) is 4.62. The highest BCUT2D eigenvalue weighted by atomic mass is 16.1. The number of nitriles is 1. The van der Waals surface area contributed by atoms with Crippen molar-refractivity contribution in [2.75, 3.05) is 10.6 Å². The minimum Gasteiger partial charge on any atom is -0.363 e. The van der Waals surface area contributed by atoms with Crippen molar-refractivity contribution in [3.05, 3.63) is 76.7 Å². The predicted molar refractivity (Wildman–Crippen MR) is 111 cm³/mol. The summed E-state index contributed by atoms with van der Waals surface area (Å²) in [5.74, 6) is 0.312. The van der Waals surface area contributed by atoms with Crippen LogP contribution in [-0.2, 0) is 19.4 Å². The van der Waals surface area contributed by atoms with Crippen molar-refractivity contribution in [2.45, 2.75) is 33.2 Å². The number of pyridine rings is 1. The number of amides is 1. The van der Waals surface area contributed by atoms with E-state index in [0.717, 1.165) is 29.7 Å². The number of carbonyl (C=O) groups is 1. The van der Waals surface area contributed by atoms with Crippen molar-refractivity contribution < 1.29 is 4.79 Å². The number of carbonyl (C=O) groups excluding carboxylic acids is 1. The summed E-state index contributed by atoms with van der Waals surface area (Å²) in [6.07, 6.45) is 4.65. The lowest BCUT2D eigenvalue weighted by molar-refractivity contribution is 0.102. The fraction of sp³-hybridized carbons (Fsp3) is 0.227. The van der Waals surface area contributed by atoms with Gasteiger partial charge in [-0.3, -0.25) is 9.78 Å². The van der Waals surface area contributed by atoms with Gasteiger partial charge in [-0.1, -0.05) is 26.0 Å².